The van der Waals surface area contributed by atoms with Crippen LogP contribution in [0.15, 0.2) is 42.5 Å². The Morgan fingerprint density at radius 2 is 1.75 bits per heavy atom. The summed E-state index contributed by atoms with van der Waals surface area (Å²) in [6, 6.07) is 14.8. The van der Waals surface area contributed by atoms with Gasteiger partial charge in [0.2, 0.25) is 0 Å². The van der Waals surface area contributed by atoms with Gasteiger partial charge in [-0.1, -0.05) is 55.8 Å². The Labute approximate surface area is 97.3 Å². The van der Waals surface area contributed by atoms with Crippen molar-refractivity contribution in [3.8, 4) is 0 Å². The van der Waals surface area contributed by atoms with Crippen molar-refractivity contribution in [2.75, 3.05) is 0 Å². The molecule has 0 aromatic heterocycles. The van der Waals surface area contributed by atoms with Gasteiger partial charge in [0.1, 0.15) is 0 Å². The van der Waals surface area contributed by atoms with Crippen LogP contribution >= 0.6 is 0 Å². The number of benzene rings is 2. The Morgan fingerprint density at radius 3 is 2.50 bits per heavy atom. The van der Waals surface area contributed by atoms with Crippen molar-refractivity contribution >= 4 is 10.8 Å². The summed E-state index contributed by atoms with van der Waals surface area (Å²) in [5.74, 6) is 0. The minimum Gasteiger partial charge on any atom is -0.322 e. The average Bonchev–Trinajstić information content (AvgIpc) is 2.28. The molecule has 1 nitrogen and oxygen atoms in total. The molecule has 0 aliphatic heterocycles. The third-order valence-electron chi connectivity index (χ3n) is 3.17. The van der Waals surface area contributed by atoms with Crippen LogP contribution in [0.25, 0.3) is 10.8 Å². The number of rotatable bonds is 3. The van der Waals surface area contributed by atoms with E-state index in [9.17, 15) is 0 Å². The summed E-state index contributed by atoms with van der Waals surface area (Å²) in [7, 11) is 0. The molecule has 0 fully saturated rings. The Bertz CT molecular complexity index is 480. The quantitative estimate of drug-likeness (QED) is 0.824. The molecular formula is C15H19N. The van der Waals surface area contributed by atoms with Gasteiger partial charge in [0.25, 0.3) is 0 Å². The van der Waals surface area contributed by atoms with Crippen LogP contribution in [0.5, 0.6) is 0 Å². The molecule has 0 aliphatic carbocycles. The maximum absolute atomic E-state index is 6.41. The molecule has 1 atom stereocenters. The van der Waals surface area contributed by atoms with Gasteiger partial charge in [-0.3, -0.25) is 0 Å². The van der Waals surface area contributed by atoms with E-state index in [1.54, 1.807) is 0 Å². The van der Waals surface area contributed by atoms with Crippen molar-refractivity contribution in [2.24, 2.45) is 5.73 Å². The van der Waals surface area contributed by atoms with E-state index in [0.717, 1.165) is 12.8 Å². The first-order valence-corrected chi connectivity index (χ1v) is 5.92. The lowest BCUT2D eigenvalue weighted by Crippen LogP contribution is -2.32. The molecule has 2 aromatic carbocycles. The summed E-state index contributed by atoms with van der Waals surface area (Å²) in [5, 5.41) is 2.55. The molecule has 0 aliphatic rings. The van der Waals surface area contributed by atoms with E-state index in [-0.39, 0.29) is 5.54 Å². The second kappa shape index (κ2) is 4.26. The highest BCUT2D eigenvalue weighted by molar-refractivity contribution is 5.86. The molecule has 0 bridgehead atoms. The summed E-state index contributed by atoms with van der Waals surface area (Å²) < 4.78 is 0. The summed E-state index contributed by atoms with van der Waals surface area (Å²) in [4.78, 5) is 0. The standard InChI is InChI=1S/C15H19N/c1-3-11-15(2,16)14-10-6-8-12-7-4-5-9-13(12)14/h4-10H,3,11,16H2,1-2H3. The first-order chi connectivity index (χ1) is 7.65. The van der Waals surface area contributed by atoms with Gasteiger partial charge < -0.3 is 5.73 Å². The molecule has 2 rings (SSSR count). The second-order valence-corrected chi connectivity index (χ2v) is 4.69. The average molecular weight is 213 g/mol. The molecule has 2 aromatic rings. The van der Waals surface area contributed by atoms with Crippen LogP contribution < -0.4 is 5.73 Å². The smallest absolute Gasteiger partial charge is 0.0387 e. The van der Waals surface area contributed by atoms with Crippen LogP contribution in [0, 0.1) is 0 Å². The van der Waals surface area contributed by atoms with Crippen LogP contribution in [-0.4, -0.2) is 0 Å². The first-order valence-electron chi connectivity index (χ1n) is 5.92. The highest BCUT2D eigenvalue weighted by Crippen LogP contribution is 2.29. The summed E-state index contributed by atoms with van der Waals surface area (Å²) in [6.45, 7) is 4.30. The Morgan fingerprint density at radius 1 is 1.06 bits per heavy atom. The summed E-state index contributed by atoms with van der Waals surface area (Å²) in [5.41, 5.74) is 7.44. The molecule has 0 saturated carbocycles. The van der Waals surface area contributed by atoms with Gasteiger partial charge in [-0.05, 0) is 29.7 Å². The van der Waals surface area contributed by atoms with Crippen LogP contribution in [0.4, 0.5) is 0 Å². The van der Waals surface area contributed by atoms with Gasteiger partial charge in [0.15, 0.2) is 0 Å². The second-order valence-electron chi connectivity index (χ2n) is 4.69. The molecule has 16 heavy (non-hydrogen) atoms. The summed E-state index contributed by atoms with van der Waals surface area (Å²) >= 11 is 0. The zero-order chi connectivity index (χ0) is 11.6. The fraction of sp³-hybridized carbons (Fsp3) is 0.333. The van der Waals surface area contributed by atoms with Gasteiger partial charge in [0.05, 0.1) is 0 Å². The van der Waals surface area contributed by atoms with Crippen molar-refractivity contribution in [1.82, 2.24) is 0 Å². The molecule has 0 radical (unpaired) electrons. The van der Waals surface area contributed by atoms with Gasteiger partial charge in [-0.15, -0.1) is 0 Å². The lowest BCUT2D eigenvalue weighted by molar-refractivity contribution is 0.450. The predicted molar refractivity (Wildman–Crippen MR) is 70.4 cm³/mol. The predicted octanol–water partition coefficient (Wildman–Crippen LogP) is 3.81. The van der Waals surface area contributed by atoms with Crippen molar-refractivity contribution < 1.29 is 0 Å². The molecule has 0 heterocycles. The van der Waals surface area contributed by atoms with Gasteiger partial charge in [-0.25, -0.2) is 0 Å². The zero-order valence-electron chi connectivity index (χ0n) is 10.0. The van der Waals surface area contributed by atoms with Crippen LogP contribution in [0.1, 0.15) is 32.3 Å². The summed E-state index contributed by atoms with van der Waals surface area (Å²) in [6.07, 6.45) is 2.12. The van der Waals surface area contributed by atoms with E-state index in [2.05, 4.69) is 56.3 Å². The number of hydrogen-bond donors (Lipinski definition) is 1. The fourth-order valence-electron chi connectivity index (χ4n) is 2.38. The third kappa shape index (κ3) is 1.96. The van der Waals surface area contributed by atoms with E-state index in [4.69, 9.17) is 5.73 Å². The Hall–Kier alpha value is -1.34. The maximum atomic E-state index is 6.41. The van der Waals surface area contributed by atoms with E-state index in [1.807, 2.05) is 0 Å². The van der Waals surface area contributed by atoms with Crippen LogP contribution in [0.3, 0.4) is 0 Å². The van der Waals surface area contributed by atoms with Crippen molar-refractivity contribution in [3.63, 3.8) is 0 Å². The van der Waals surface area contributed by atoms with E-state index >= 15 is 0 Å². The van der Waals surface area contributed by atoms with E-state index in [1.165, 1.54) is 16.3 Å². The monoisotopic (exact) mass is 213 g/mol. The molecule has 1 heteroatoms. The normalized spacial score (nSPS) is 14.9. The Balaban J connectivity index is 2.60. The van der Waals surface area contributed by atoms with Gasteiger partial charge in [-0.2, -0.15) is 0 Å². The molecule has 0 amide bonds. The first kappa shape index (κ1) is 11.2. The molecular weight excluding hydrogens is 194 g/mol. The van der Waals surface area contributed by atoms with Crippen LogP contribution in [0.2, 0.25) is 0 Å². The van der Waals surface area contributed by atoms with Crippen molar-refractivity contribution in [3.05, 3.63) is 48.0 Å². The molecule has 2 N–H and O–H groups in total. The highest BCUT2D eigenvalue weighted by atomic mass is 14.7. The Kier molecular flexibility index (Phi) is 2.97. The van der Waals surface area contributed by atoms with Crippen molar-refractivity contribution in [2.45, 2.75) is 32.2 Å². The molecule has 84 valence electrons. The van der Waals surface area contributed by atoms with Crippen LogP contribution in [-0.2, 0) is 5.54 Å². The number of hydrogen-bond acceptors (Lipinski definition) is 1. The SMILES string of the molecule is CCCC(C)(N)c1cccc2ccccc12. The third-order valence-corrected chi connectivity index (χ3v) is 3.17. The maximum Gasteiger partial charge on any atom is 0.0387 e. The topological polar surface area (TPSA) is 26.0 Å². The fourth-order valence-corrected chi connectivity index (χ4v) is 2.38. The molecule has 0 saturated heterocycles. The molecule has 1 unspecified atom stereocenters. The zero-order valence-corrected chi connectivity index (χ0v) is 10.0. The minimum atomic E-state index is -0.227. The lowest BCUT2D eigenvalue weighted by atomic mass is 9.85. The number of fused-ring (bicyclic) bond motifs is 1. The van der Waals surface area contributed by atoms with E-state index in [0.29, 0.717) is 0 Å². The van der Waals surface area contributed by atoms with Gasteiger partial charge in [0, 0.05) is 5.54 Å². The number of nitrogens with two attached hydrogens (primary N) is 1. The molecule has 0 spiro atoms. The van der Waals surface area contributed by atoms with Gasteiger partial charge >= 0.3 is 0 Å². The van der Waals surface area contributed by atoms with Crippen molar-refractivity contribution in [1.29, 1.82) is 0 Å². The largest absolute Gasteiger partial charge is 0.322 e. The lowest BCUT2D eigenvalue weighted by Gasteiger charge is -2.26. The highest BCUT2D eigenvalue weighted by Gasteiger charge is 2.21. The van der Waals surface area contributed by atoms with E-state index < -0.39 is 0 Å². The minimum absolute atomic E-state index is 0.227.